The summed E-state index contributed by atoms with van der Waals surface area (Å²) in [6, 6.07) is 0. The number of aromatic nitrogens is 3. The number of nitrogens with one attached hydrogen (secondary N) is 1. The lowest BCUT2D eigenvalue weighted by Crippen LogP contribution is -2.41. The van der Waals surface area contributed by atoms with Gasteiger partial charge in [0.1, 0.15) is 0 Å². The Labute approximate surface area is 99.3 Å². The van der Waals surface area contributed by atoms with E-state index in [2.05, 4.69) is 15.4 Å². The van der Waals surface area contributed by atoms with Gasteiger partial charge in [-0.2, -0.15) is 15.4 Å². The number of carbonyl (C=O) groups is 1. The summed E-state index contributed by atoms with van der Waals surface area (Å²) in [5, 5.41) is 9.86. The third kappa shape index (κ3) is 3.01. The molecule has 2 rings (SSSR count). The third-order valence-electron chi connectivity index (χ3n) is 2.83. The Balaban J connectivity index is 1.81. The number of hydrogen-bond donors (Lipinski definition) is 2. The molecular weight excluding hydrogens is 222 g/mol. The van der Waals surface area contributed by atoms with Crippen LogP contribution in [0.4, 0.5) is 0 Å². The predicted molar refractivity (Wildman–Crippen MR) is 60.3 cm³/mol. The van der Waals surface area contributed by atoms with Crippen LogP contribution in [0, 0.1) is 0 Å². The number of nitrogens with two attached hydrogens (primary N) is 1. The maximum Gasteiger partial charge on any atom is 0.276 e. The van der Waals surface area contributed by atoms with Crippen LogP contribution in [-0.4, -0.2) is 58.6 Å². The van der Waals surface area contributed by atoms with Gasteiger partial charge in [0.05, 0.1) is 18.9 Å². The zero-order valence-corrected chi connectivity index (χ0v) is 9.63. The van der Waals surface area contributed by atoms with Crippen molar-refractivity contribution >= 4 is 5.91 Å². The number of carbonyl (C=O) groups excluding carboxylic acids is 1. The first-order valence-corrected chi connectivity index (χ1v) is 5.78. The van der Waals surface area contributed by atoms with Gasteiger partial charge in [-0.25, -0.2) is 0 Å². The van der Waals surface area contributed by atoms with E-state index < -0.39 is 0 Å². The van der Waals surface area contributed by atoms with Crippen molar-refractivity contribution in [3.05, 3.63) is 11.9 Å². The van der Waals surface area contributed by atoms with E-state index in [1.165, 1.54) is 6.20 Å². The standard InChI is InChI=1S/C10H17N5O2/c11-3-6-17-8-1-4-15(5-2-8)10(16)9-7-12-14-13-9/h7-8H,1-6,11H2,(H,12,13,14). The fourth-order valence-electron chi connectivity index (χ4n) is 1.93. The highest BCUT2D eigenvalue weighted by Crippen LogP contribution is 2.15. The van der Waals surface area contributed by atoms with Crippen LogP contribution in [-0.2, 0) is 4.74 Å². The van der Waals surface area contributed by atoms with Gasteiger partial charge in [0.2, 0.25) is 0 Å². The van der Waals surface area contributed by atoms with E-state index in [1.807, 2.05) is 0 Å². The molecule has 7 heteroatoms. The number of amides is 1. The number of rotatable bonds is 4. The Bertz CT molecular complexity index is 346. The van der Waals surface area contributed by atoms with Gasteiger partial charge in [0.25, 0.3) is 5.91 Å². The van der Waals surface area contributed by atoms with Crippen LogP contribution in [0.15, 0.2) is 6.20 Å². The Kier molecular flexibility index (Phi) is 4.05. The summed E-state index contributed by atoms with van der Waals surface area (Å²) in [6.07, 6.45) is 3.37. The van der Waals surface area contributed by atoms with E-state index in [9.17, 15) is 4.79 Å². The molecule has 1 aromatic heterocycles. The van der Waals surface area contributed by atoms with Gasteiger partial charge in [0, 0.05) is 19.6 Å². The monoisotopic (exact) mass is 239 g/mol. The van der Waals surface area contributed by atoms with Crippen LogP contribution in [0.1, 0.15) is 23.3 Å². The minimum Gasteiger partial charge on any atom is -0.377 e. The van der Waals surface area contributed by atoms with Crippen molar-refractivity contribution in [2.24, 2.45) is 5.73 Å². The molecule has 17 heavy (non-hydrogen) atoms. The number of hydrogen-bond acceptors (Lipinski definition) is 5. The molecule has 7 nitrogen and oxygen atoms in total. The minimum atomic E-state index is -0.0731. The first kappa shape index (κ1) is 12.0. The van der Waals surface area contributed by atoms with Crippen LogP contribution in [0.3, 0.4) is 0 Å². The molecule has 94 valence electrons. The van der Waals surface area contributed by atoms with E-state index in [0.717, 1.165) is 12.8 Å². The molecule has 0 spiro atoms. The lowest BCUT2D eigenvalue weighted by Gasteiger charge is -2.31. The molecule has 1 aromatic rings. The minimum absolute atomic E-state index is 0.0731. The van der Waals surface area contributed by atoms with E-state index in [1.54, 1.807) is 4.90 Å². The molecule has 1 amide bonds. The average molecular weight is 239 g/mol. The molecule has 0 unspecified atom stereocenters. The summed E-state index contributed by atoms with van der Waals surface area (Å²) in [5.74, 6) is -0.0731. The average Bonchev–Trinajstić information content (AvgIpc) is 2.90. The molecule has 0 saturated carbocycles. The zero-order valence-electron chi connectivity index (χ0n) is 9.63. The quantitative estimate of drug-likeness (QED) is 0.730. The Morgan fingerprint density at radius 3 is 2.94 bits per heavy atom. The molecule has 3 N–H and O–H groups in total. The van der Waals surface area contributed by atoms with Crippen molar-refractivity contribution in [2.45, 2.75) is 18.9 Å². The van der Waals surface area contributed by atoms with Gasteiger partial charge < -0.3 is 15.4 Å². The molecule has 0 aromatic carbocycles. The van der Waals surface area contributed by atoms with Gasteiger partial charge in [0.15, 0.2) is 5.69 Å². The summed E-state index contributed by atoms with van der Waals surface area (Å²) < 4.78 is 5.55. The number of H-pyrrole nitrogens is 1. The normalized spacial score (nSPS) is 17.4. The second-order valence-electron chi connectivity index (χ2n) is 4.01. The van der Waals surface area contributed by atoms with Crippen molar-refractivity contribution in [1.82, 2.24) is 20.3 Å². The highest BCUT2D eigenvalue weighted by molar-refractivity contribution is 5.91. The topological polar surface area (TPSA) is 97.1 Å². The van der Waals surface area contributed by atoms with E-state index in [-0.39, 0.29) is 12.0 Å². The van der Waals surface area contributed by atoms with Crippen molar-refractivity contribution in [1.29, 1.82) is 0 Å². The lowest BCUT2D eigenvalue weighted by molar-refractivity contribution is 0.0120. The maximum atomic E-state index is 11.9. The second-order valence-corrected chi connectivity index (χ2v) is 4.01. The molecule has 2 heterocycles. The van der Waals surface area contributed by atoms with E-state index in [0.29, 0.717) is 31.9 Å². The summed E-state index contributed by atoms with van der Waals surface area (Å²) in [4.78, 5) is 13.7. The SMILES string of the molecule is NCCOC1CCN(C(=O)c2cn[nH]n2)CC1. The molecule has 1 aliphatic rings. The molecule has 0 radical (unpaired) electrons. The van der Waals surface area contributed by atoms with Crippen LogP contribution in [0.25, 0.3) is 0 Å². The number of nitrogens with zero attached hydrogens (tertiary/aromatic N) is 3. The summed E-state index contributed by atoms with van der Waals surface area (Å²) >= 11 is 0. The fourth-order valence-corrected chi connectivity index (χ4v) is 1.93. The van der Waals surface area contributed by atoms with E-state index >= 15 is 0 Å². The lowest BCUT2D eigenvalue weighted by atomic mass is 10.1. The van der Waals surface area contributed by atoms with Crippen LogP contribution < -0.4 is 5.73 Å². The second kappa shape index (κ2) is 5.74. The first-order chi connectivity index (χ1) is 8.31. The molecule has 0 atom stereocenters. The third-order valence-corrected chi connectivity index (χ3v) is 2.83. The molecule has 1 saturated heterocycles. The van der Waals surface area contributed by atoms with Gasteiger partial charge >= 0.3 is 0 Å². The highest BCUT2D eigenvalue weighted by atomic mass is 16.5. The summed E-state index contributed by atoms with van der Waals surface area (Å²) in [6.45, 7) is 2.52. The van der Waals surface area contributed by atoms with Crippen LogP contribution in [0.2, 0.25) is 0 Å². The van der Waals surface area contributed by atoms with Crippen molar-refractivity contribution in [3.8, 4) is 0 Å². The summed E-state index contributed by atoms with van der Waals surface area (Å²) in [7, 11) is 0. The number of aromatic amines is 1. The maximum absolute atomic E-state index is 11.9. The molecule has 1 aliphatic heterocycles. The number of ether oxygens (including phenoxy) is 1. The van der Waals surface area contributed by atoms with E-state index in [4.69, 9.17) is 10.5 Å². The van der Waals surface area contributed by atoms with Crippen LogP contribution >= 0.6 is 0 Å². The fraction of sp³-hybridized carbons (Fsp3) is 0.700. The van der Waals surface area contributed by atoms with Gasteiger partial charge in [-0.3, -0.25) is 4.79 Å². The predicted octanol–water partition coefficient (Wildman–Crippen LogP) is -0.615. The molecule has 1 fully saturated rings. The van der Waals surface area contributed by atoms with Gasteiger partial charge in [-0.15, -0.1) is 0 Å². The van der Waals surface area contributed by atoms with Crippen LogP contribution in [0.5, 0.6) is 0 Å². The Morgan fingerprint density at radius 1 is 1.59 bits per heavy atom. The smallest absolute Gasteiger partial charge is 0.276 e. The summed E-state index contributed by atoms with van der Waals surface area (Å²) in [5.41, 5.74) is 5.74. The zero-order chi connectivity index (χ0) is 12.1. The molecular formula is C10H17N5O2. The Morgan fingerprint density at radius 2 is 2.35 bits per heavy atom. The molecule has 0 bridgehead atoms. The van der Waals surface area contributed by atoms with Gasteiger partial charge in [-0.1, -0.05) is 0 Å². The van der Waals surface area contributed by atoms with Crippen molar-refractivity contribution in [3.63, 3.8) is 0 Å². The number of piperidine rings is 1. The highest BCUT2D eigenvalue weighted by Gasteiger charge is 2.24. The largest absolute Gasteiger partial charge is 0.377 e. The van der Waals surface area contributed by atoms with Gasteiger partial charge in [-0.05, 0) is 12.8 Å². The van der Waals surface area contributed by atoms with Crippen molar-refractivity contribution in [2.75, 3.05) is 26.2 Å². The first-order valence-electron chi connectivity index (χ1n) is 5.78. The van der Waals surface area contributed by atoms with Crippen molar-refractivity contribution < 1.29 is 9.53 Å². The number of likely N-dealkylation sites (tertiary alicyclic amines) is 1. The molecule has 0 aliphatic carbocycles. The Hall–Kier alpha value is -1.47.